The van der Waals surface area contributed by atoms with Gasteiger partial charge in [0.05, 0.1) is 22.3 Å². The molecule has 4 heteroatoms. The van der Waals surface area contributed by atoms with Gasteiger partial charge in [0.1, 0.15) is 0 Å². The van der Waals surface area contributed by atoms with E-state index in [9.17, 15) is 0 Å². The number of benzene rings is 2. The molecule has 2 nitrogen and oxygen atoms in total. The van der Waals surface area contributed by atoms with E-state index in [4.69, 9.17) is 23.2 Å². The Bertz CT molecular complexity index is 721. The summed E-state index contributed by atoms with van der Waals surface area (Å²) in [6, 6.07) is 10.0. The first-order valence-corrected chi connectivity index (χ1v) is 7.18. The van der Waals surface area contributed by atoms with E-state index in [1.165, 1.54) is 16.7 Å². The van der Waals surface area contributed by atoms with Gasteiger partial charge in [0.2, 0.25) is 0 Å². The molecule has 1 heterocycles. The molecule has 0 fully saturated rings. The molecule has 0 atom stereocenters. The zero-order valence-electron chi connectivity index (χ0n) is 11.3. The van der Waals surface area contributed by atoms with Crippen LogP contribution in [0.3, 0.4) is 0 Å². The van der Waals surface area contributed by atoms with Crippen molar-refractivity contribution >= 4 is 28.9 Å². The minimum Gasteiger partial charge on any atom is -0.305 e. The average Bonchev–Trinajstić information content (AvgIpc) is 2.43. The Morgan fingerprint density at radius 1 is 1.00 bits per heavy atom. The Hall–Kier alpha value is -1.51. The van der Waals surface area contributed by atoms with E-state index in [0.29, 0.717) is 10.0 Å². The molecule has 0 bridgehead atoms. The van der Waals surface area contributed by atoms with E-state index in [-0.39, 0.29) is 0 Å². The zero-order chi connectivity index (χ0) is 14.3. The lowest BCUT2D eigenvalue weighted by atomic mass is 9.92. The molecule has 0 aliphatic carbocycles. The van der Waals surface area contributed by atoms with Gasteiger partial charge in [0, 0.05) is 11.1 Å². The van der Waals surface area contributed by atoms with Crippen molar-refractivity contribution in [1.29, 1.82) is 0 Å². The van der Waals surface area contributed by atoms with Crippen molar-refractivity contribution in [2.45, 2.75) is 20.4 Å². The number of rotatable bonds is 1. The normalized spacial score (nSPS) is 13.5. The molecule has 0 saturated carbocycles. The standard InChI is InChI=1S/C16H14Cl2N2/c1-9-5-12-8-19-20-16(13(12)6-10(9)2)11-3-4-14(17)15(18)7-11/h3-7,19H,8H2,1-2H3. The van der Waals surface area contributed by atoms with Gasteiger partial charge in [-0.2, -0.15) is 5.10 Å². The summed E-state index contributed by atoms with van der Waals surface area (Å²) in [5, 5.41) is 5.55. The van der Waals surface area contributed by atoms with Gasteiger partial charge >= 0.3 is 0 Å². The fourth-order valence-corrected chi connectivity index (χ4v) is 2.67. The van der Waals surface area contributed by atoms with E-state index in [1.807, 2.05) is 12.1 Å². The van der Waals surface area contributed by atoms with Crippen LogP contribution in [0.2, 0.25) is 10.0 Å². The van der Waals surface area contributed by atoms with E-state index in [0.717, 1.165) is 23.4 Å². The molecule has 1 aliphatic rings. The number of halogens is 2. The van der Waals surface area contributed by atoms with Crippen molar-refractivity contribution in [2.24, 2.45) is 5.10 Å². The molecule has 1 N–H and O–H groups in total. The first-order valence-electron chi connectivity index (χ1n) is 6.43. The maximum atomic E-state index is 6.11. The van der Waals surface area contributed by atoms with Crippen LogP contribution in [0.4, 0.5) is 0 Å². The summed E-state index contributed by atoms with van der Waals surface area (Å²) in [6.07, 6.45) is 0. The molecule has 0 spiro atoms. The lowest BCUT2D eigenvalue weighted by molar-refractivity contribution is 0.728. The monoisotopic (exact) mass is 304 g/mol. The second kappa shape index (κ2) is 5.12. The van der Waals surface area contributed by atoms with Gasteiger partial charge in [-0.05, 0) is 48.7 Å². The maximum absolute atomic E-state index is 6.11. The number of nitrogens with one attached hydrogen (secondary N) is 1. The molecule has 0 radical (unpaired) electrons. The number of fused-ring (bicyclic) bond motifs is 1. The van der Waals surface area contributed by atoms with Crippen LogP contribution in [-0.2, 0) is 6.54 Å². The Morgan fingerprint density at radius 2 is 1.75 bits per heavy atom. The Kier molecular flexibility index (Phi) is 3.45. The predicted octanol–water partition coefficient (Wildman–Crippen LogP) is 4.47. The van der Waals surface area contributed by atoms with Crippen molar-refractivity contribution in [3.8, 4) is 0 Å². The third-order valence-electron chi connectivity index (χ3n) is 3.63. The number of hydrogen-bond acceptors (Lipinski definition) is 2. The molecule has 2 aromatic rings. The topological polar surface area (TPSA) is 24.4 Å². The van der Waals surface area contributed by atoms with E-state index in [2.05, 4.69) is 36.5 Å². The fourth-order valence-electron chi connectivity index (χ4n) is 2.37. The van der Waals surface area contributed by atoms with E-state index in [1.54, 1.807) is 6.07 Å². The highest BCUT2D eigenvalue weighted by molar-refractivity contribution is 6.42. The first-order chi connectivity index (χ1) is 9.56. The molecule has 0 saturated heterocycles. The van der Waals surface area contributed by atoms with Gasteiger partial charge in [-0.3, -0.25) is 0 Å². The molecule has 1 aliphatic heterocycles. The van der Waals surface area contributed by atoms with Crippen molar-refractivity contribution in [3.05, 3.63) is 68.2 Å². The highest BCUT2D eigenvalue weighted by Gasteiger charge is 2.17. The summed E-state index contributed by atoms with van der Waals surface area (Å²) in [7, 11) is 0. The second-order valence-electron chi connectivity index (χ2n) is 5.02. The molecule has 0 unspecified atom stereocenters. The Labute approximate surface area is 128 Å². The fraction of sp³-hybridized carbons (Fsp3) is 0.188. The molecule has 3 rings (SSSR count). The number of aryl methyl sites for hydroxylation is 2. The van der Waals surface area contributed by atoms with Gasteiger partial charge in [-0.25, -0.2) is 0 Å². The summed E-state index contributed by atoms with van der Waals surface area (Å²) in [4.78, 5) is 0. The SMILES string of the molecule is Cc1cc2c(cc1C)C(c1ccc(Cl)c(Cl)c1)=NNC2. The lowest BCUT2D eigenvalue weighted by Crippen LogP contribution is -2.21. The van der Waals surface area contributed by atoms with Crippen LogP contribution in [0.1, 0.15) is 27.8 Å². The van der Waals surface area contributed by atoms with Gasteiger partial charge in [-0.15, -0.1) is 0 Å². The zero-order valence-corrected chi connectivity index (χ0v) is 12.8. The van der Waals surface area contributed by atoms with Crippen LogP contribution in [0, 0.1) is 13.8 Å². The van der Waals surface area contributed by atoms with Gasteiger partial charge in [-0.1, -0.05) is 35.3 Å². The Morgan fingerprint density at radius 3 is 2.50 bits per heavy atom. The second-order valence-corrected chi connectivity index (χ2v) is 5.83. The highest BCUT2D eigenvalue weighted by Crippen LogP contribution is 2.27. The third-order valence-corrected chi connectivity index (χ3v) is 4.37. The van der Waals surface area contributed by atoms with E-state index >= 15 is 0 Å². The first kappa shape index (κ1) is 13.5. The summed E-state index contributed by atoms with van der Waals surface area (Å²) < 4.78 is 0. The third kappa shape index (κ3) is 2.30. The van der Waals surface area contributed by atoms with Gasteiger partial charge in [0.15, 0.2) is 0 Å². The number of nitrogens with zero attached hydrogens (tertiary/aromatic N) is 1. The smallest absolute Gasteiger partial charge is 0.0977 e. The summed E-state index contributed by atoms with van der Waals surface area (Å²) >= 11 is 12.1. The van der Waals surface area contributed by atoms with Crippen molar-refractivity contribution in [1.82, 2.24) is 5.43 Å². The van der Waals surface area contributed by atoms with Crippen LogP contribution >= 0.6 is 23.2 Å². The molecular weight excluding hydrogens is 291 g/mol. The predicted molar refractivity (Wildman–Crippen MR) is 84.9 cm³/mol. The van der Waals surface area contributed by atoms with Crippen LogP contribution in [0.5, 0.6) is 0 Å². The molecule has 20 heavy (non-hydrogen) atoms. The van der Waals surface area contributed by atoms with Crippen molar-refractivity contribution in [2.75, 3.05) is 0 Å². The molecule has 2 aromatic carbocycles. The maximum Gasteiger partial charge on any atom is 0.0977 e. The minimum absolute atomic E-state index is 0.544. The van der Waals surface area contributed by atoms with Crippen molar-refractivity contribution in [3.63, 3.8) is 0 Å². The van der Waals surface area contributed by atoms with Gasteiger partial charge < -0.3 is 5.43 Å². The van der Waals surface area contributed by atoms with E-state index < -0.39 is 0 Å². The van der Waals surface area contributed by atoms with Crippen LogP contribution < -0.4 is 5.43 Å². The van der Waals surface area contributed by atoms with Crippen LogP contribution in [0.15, 0.2) is 35.4 Å². The molecule has 0 aromatic heterocycles. The number of hydrazone groups is 1. The minimum atomic E-state index is 0.544. The van der Waals surface area contributed by atoms with Gasteiger partial charge in [0.25, 0.3) is 0 Å². The molecule has 102 valence electrons. The summed E-state index contributed by atoms with van der Waals surface area (Å²) in [5.74, 6) is 0. The molecule has 0 amide bonds. The average molecular weight is 305 g/mol. The summed E-state index contributed by atoms with van der Waals surface area (Å²) in [6.45, 7) is 4.99. The quantitative estimate of drug-likeness (QED) is 0.826. The van der Waals surface area contributed by atoms with Crippen LogP contribution in [0.25, 0.3) is 0 Å². The molecular formula is C16H14Cl2N2. The number of hydrogen-bond donors (Lipinski definition) is 1. The van der Waals surface area contributed by atoms with Crippen molar-refractivity contribution < 1.29 is 0 Å². The Balaban J connectivity index is 2.14. The summed E-state index contributed by atoms with van der Waals surface area (Å²) in [5.41, 5.74) is 9.93. The largest absolute Gasteiger partial charge is 0.305 e. The lowest BCUT2D eigenvalue weighted by Gasteiger charge is -2.20. The van der Waals surface area contributed by atoms with Crippen LogP contribution in [-0.4, -0.2) is 5.71 Å². The highest BCUT2D eigenvalue weighted by atomic mass is 35.5.